The zero-order valence-corrected chi connectivity index (χ0v) is 17.8. The van der Waals surface area contributed by atoms with E-state index in [2.05, 4.69) is 5.32 Å². The maximum absolute atomic E-state index is 12.8. The van der Waals surface area contributed by atoms with E-state index in [1.54, 1.807) is 18.9 Å². The van der Waals surface area contributed by atoms with Gasteiger partial charge >= 0.3 is 5.97 Å². The highest BCUT2D eigenvalue weighted by Gasteiger charge is 2.25. The second-order valence-corrected chi connectivity index (χ2v) is 8.05. The van der Waals surface area contributed by atoms with Crippen LogP contribution >= 0.6 is 11.8 Å². The summed E-state index contributed by atoms with van der Waals surface area (Å²) in [4.78, 5) is 24.4. The maximum Gasteiger partial charge on any atom is 0.326 e. The number of methoxy groups -OCH3 is 1. The number of hydrogen-bond acceptors (Lipinski definition) is 4. The summed E-state index contributed by atoms with van der Waals surface area (Å²) < 4.78 is 5.17. The topological polar surface area (TPSA) is 75.6 Å². The fourth-order valence-electron chi connectivity index (χ4n) is 2.95. The van der Waals surface area contributed by atoms with E-state index in [0.29, 0.717) is 25.0 Å². The van der Waals surface area contributed by atoms with Crippen LogP contribution in [-0.4, -0.2) is 35.4 Å². The molecule has 0 aliphatic heterocycles. The lowest BCUT2D eigenvalue weighted by Gasteiger charge is -2.20. The van der Waals surface area contributed by atoms with E-state index in [0.717, 1.165) is 23.3 Å². The Morgan fingerprint density at radius 1 is 1.03 bits per heavy atom. The van der Waals surface area contributed by atoms with Crippen LogP contribution in [-0.2, 0) is 21.8 Å². The summed E-state index contributed by atoms with van der Waals surface area (Å²) in [5.74, 6) is 0.281. The van der Waals surface area contributed by atoms with E-state index in [1.165, 1.54) is 0 Å². The van der Waals surface area contributed by atoms with Gasteiger partial charge < -0.3 is 15.2 Å². The Hall–Kier alpha value is -2.47. The molecule has 1 unspecified atom stereocenters. The third kappa shape index (κ3) is 7.81. The Morgan fingerprint density at radius 2 is 1.72 bits per heavy atom. The Balaban J connectivity index is 1.93. The molecule has 0 saturated carbocycles. The molecule has 29 heavy (non-hydrogen) atoms. The van der Waals surface area contributed by atoms with Crippen molar-refractivity contribution in [1.82, 2.24) is 5.32 Å². The van der Waals surface area contributed by atoms with Gasteiger partial charge in [-0.1, -0.05) is 55.8 Å². The number of rotatable bonds is 12. The number of thioether (sulfide) groups is 1. The SMILES string of the molecule is CCCC(SCc1ccc(OC)cc1)C(=O)N[C@@H](CCc1ccccc1)C(=O)O. The maximum atomic E-state index is 12.8. The average Bonchev–Trinajstić information content (AvgIpc) is 2.74. The van der Waals surface area contributed by atoms with Gasteiger partial charge in [-0.2, -0.15) is 0 Å². The first-order valence-electron chi connectivity index (χ1n) is 9.85. The van der Waals surface area contributed by atoms with E-state index in [1.807, 2.05) is 61.5 Å². The van der Waals surface area contributed by atoms with E-state index in [9.17, 15) is 14.7 Å². The Kier molecular flexibility index (Phi) is 9.57. The molecule has 0 aromatic heterocycles. The second kappa shape index (κ2) is 12.2. The molecule has 0 spiro atoms. The lowest BCUT2D eigenvalue weighted by molar-refractivity contribution is -0.141. The number of nitrogens with one attached hydrogen (secondary N) is 1. The van der Waals surface area contributed by atoms with Gasteiger partial charge in [-0.3, -0.25) is 4.79 Å². The molecule has 0 fully saturated rings. The zero-order chi connectivity index (χ0) is 21.1. The predicted molar refractivity (Wildman–Crippen MR) is 117 cm³/mol. The largest absolute Gasteiger partial charge is 0.497 e. The molecule has 5 nitrogen and oxygen atoms in total. The first kappa shape index (κ1) is 22.8. The average molecular weight is 416 g/mol. The third-order valence-electron chi connectivity index (χ3n) is 4.63. The van der Waals surface area contributed by atoms with Crippen LogP contribution in [0.3, 0.4) is 0 Å². The van der Waals surface area contributed by atoms with E-state index < -0.39 is 12.0 Å². The summed E-state index contributed by atoms with van der Waals surface area (Å²) in [6.45, 7) is 2.03. The monoisotopic (exact) mass is 415 g/mol. The molecular formula is C23H29NO4S. The number of aryl methyl sites for hydroxylation is 1. The fraction of sp³-hybridized carbons (Fsp3) is 0.391. The standard InChI is InChI=1S/C23H29NO4S/c1-3-7-21(29-16-18-10-13-19(28-2)14-11-18)22(25)24-20(23(26)27)15-12-17-8-5-4-6-9-17/h4-6,8-11,13-14,20-21H,3,7,12,15-16H2,1-2H3,(H,24,25)(H,26,27)/t20-,21?/m0/s1. The van der Waals surface area contributed by atoms with Crippen LogP contribution in [0.4, 0.5) is 0 Å². The molecule has 0 aliphatic carbocycles. The van der Waals surface area contributed by atoms with Crippen molar-refractivity contribution in [2.24, 2.45) is 0 Å². The molecular weight excluding hydrogens is 386 g/mol. The van der Waals surface area contributed by atoms with E-state index in [4.69, 9.17) is 4.74 Å². The van der Waals surface area contributed by atoms with Gasteiger partial charge in [0.25, 0.3) is 0 Å². The predicted octanol–water partition coefficient (Wildman–Crippen LogP) is 4.30. The molecule has 2 rings (SSSR count). The number of benzene rings is 2. The highest BCUT2D eigenvalue weighted by molar-refractivity contribution is 7.99. The van der Waals surface area contributed by atoms with Gasteiger partial charge in [-0.05, 0) is 42.5 Å². The molecule has 2 aromatic rings. The first-order valence-corrected chi connectivity index (χ1v) is 10.9. The van der Waals surface area contributed by atoms with Gasteiger partial charge in [0.05, 0.1) is 12.4 Å². The molecule has 6 heteroatoms. The van der Waals surface area contributed by atoms with Crippen molar-refractivity contribution in [3.63, 3.8) is 0 Å². The minimum Gasteiger partial charge on any atom is -0.497 e. The van der Waals surface area contributed by atoms with Gasteiger partial charge in [-0.15, -0.1) is 11.8 Å². The van der Waals surface area contributed by atoms with Crippen LogP contribution in [0.5, 0.6) is 5.75 Å². The number of amides is 1. The van der Waals surface area contributed by atoms with Crippen LogP contribution in [0.25, 0.3) is 0 Å². The van der Waals surface area contributed by atoms with Gasteiger partial charge in [0, 0.05) is 5.75 Å². The summed E-state index contributed by atoms with van der Waals surface area (Å²) >= 11 is 1.54. The molecule has 2 atom stereocenters. The highest BCUT2D eigenvalue weighted by Crippen LogP contribution is 2.23. The zero-order valence-electron chi connectivity index (χ0n) is 17.0. The summed E-state index contributed by atoms with van der Waals surface area (Å²) in [5, 5.41) is 12.0. The third-order valence-corrected chi connectivity index (χ3v) is 5.98. The number of hydrogen-bond donors (Lipinski definition) is 2. The van der Waals surface area contributed by atoms with Crippen molar-refractivity contribution in [3.8, 4) is 5.75 Å². The summed E-state index contributed by atoms with van der Waals surface area (Å²) in [7, 11) is 1.63. The number of carboxylic acid groups (broad SMARTS) is 1. The van der Waals surface area contributed by atoms with Crippen LogP contribution in [0.1, 0.15) is 37.3 Å². The van der Waals surface area contributed by atoms with Crippen molar-refractivity contribution in [2.75, 3.05) is 7.11 Å². The van der Waals surface area contributed by atoms with Gasteiger partial charge in [0.1, 0.15) is 11.8 Å². The first-order chi connectivity index (χ1) is 14.0. The van der Waals surface area contributed by atoms with E-state index in [-0.39, 0.29) is 11.2 Å². The Morgan fingerprint density at radius 3 is 2.31 bits per heavy atom. The smallest absolute Gasteiger partial charge is 0.326 e. The molecule has 2 N–H and O–H groups in total. The number of carboxylic acids is 1. The Labute approximate surface area is 176 Å². The van der Waals surface area contributed by atoms with Crippen molar-refractivity contribution < 1.29 is 19.4 Å². The molecule has 156 valence electrons. The quantitative estimate of drug-likeness (QED) is 0.541. The number of ether oxygens (including phenoxy) is 1. The van der Waals surface area contributed by atoms with E-state index >= 15 is 0 Å². The minimum atomic E-state index is -0.996. The minimum absolute atomic E-state index is 0.203. The molecule has 1 amide bonds. The highest BCUT2D eigenvalue weighted by atomic mass is 32.2. The summed E-state index contributed by atoms with van der Waals surface area (Å²) in [6.07, 6.45) is 2.54. The number of carbonyl (C=O) groups excluding carboxylic acids is 1. The molecule has 2 aromatic carbocycles. The molecule has 0 aliphatic rings. The molecule has 0 heterocycles. The molecule has 0 bridgehead atoms. The van der Waals surface area contributed by atoms with Crippen LogP contribution in [0, 0.1) is 0 Å². The van der Waals surface area contributed by atoms with Gasteiger partial charge in [-0.25, -0.2) is 4.79 Å². The molecule has 0 radical (unpaired) electrons. The summed E-state index contributed by atoms with van der Waals surface area (Å²) in [5.41, 5.74) is 2.16. The van der Waals surface area contributed by atoms with Crippen molar-refractivity contribution in [2.45, 2.75) is 49.7 Å². The Bertz CT molecular complexity index is 764. The van der Waals surface area contributed by atoms with Crippen LogP contribution < -0.4 is 10.1 Å². The van der Waals surface area contributed by atoms with Crippen LogP contribution in [0.15, 0.2) is 54.6 Å². The van der Waals surface area contributed by atoms with Gasteiger partial charge in [0.15, 0.2) is 0 Å². The summed E-state index contributed by atoms with van der Waals surface area (Å²) in [6, 6.07) is 16.6. The lowest BCUT2D eigenvalue weighted by Crippen LogP contribution is -2.45. The van der Waals surface area contributed by atoms with Crippen molar-refractivity contribution in [1.29, 1.82) is 0 Å². The number of carbonyl (C=O) groups is 2. The lowest BCUT2D eigenvalue weighted by atomic mass is 10.0. The normalized spacial score (nSPS) is 12.8. The van der Waals surface area contributed by atoms with Crippen molar-refractivity contribution in [3.05, 3.63) is 65.7 Å². The number of aliphatic carboxylic acids is 1. The van der Waals surface area contributed by atoms with Crippen LogP contribution in [0.2, 0.25) is 0 Å². The second-order valence-electron chi connectivity index (χ2n) is 6.86. The van der Waals surface area contributed by atoms with Gasteiger partial charge in [0.2, 0.25) is 5.91 Å². The van der Waals surface area contributed by atoms with Crippen molar-refractivity contribution >= 4 is 23.6 Å². The fourth-order valence-corrected chi connectivity index (χ4v) is 4.16. The molecule has 0 saturated heterocycles.